The van der Waals surface area contributed by atoms with Crippen LogP contribution >= 0.6 is 27.5 Å². The van der Waals surface area contributed by atoms with Crippen LogP contribution in [-0.4, -0.2) is 5.91 Å². The second-order valence-electron chi connectivity index (χ2n) is 4.70. The van der Waals surface area contributed by atoms with Crippen LogP contribution in [0.15, 0.2) is 34.8 Å². The van der Waals surface area contributed by atoms with Gasteiger partial charge in [-0.15, -0.1) is 0 Å². The summed E-state index contributed by atoms with van der Waals surface area (Å²) in [6, 6.07) is 8.81. The van der Waals surface area contributed by atoms with Crippen LogP contribution in [-0.2, 0) is 0 Å². The van der Waals surface area contributed by atoms with Crippen molar-refractivity contribution in [1.29, 1.82) is 0 Å². The zero-order valence-electron chi connectivity index (χ0n) is 11.6. The lowest BCUT2D eigenvalue weighted by molar-refractivity contribution is 0.102. The van der Waals surface area contributed by atoms with Gasteiger partial charge >= 0.3 is 0 Å². The lowest BCUT2D eigenvalue weighted by Gasteiger charge is -2.14. The van der Waals surface area contributed by atoms with E-state index in [1.165, 1.54) is 0 Å². The number of nitrogens with one attached hydrogen (secondary N) is 2. The number of carbonyl (C=O) groups excluding carboxylic acids is 1. The lowest BCUT2D eigenvalue weighted by atomic mass is 10.1. The maximum Gasteiger partial charge on any atom is 0.257 e. The predicted molar refractivity (Wildman–Crippen MR) is 90.8 cm³/mol. The maximum absolute atomic E-state index is 12.5. The molecule has 0 aliphatic rings. The van der Waals surface area contributed by atoms with Crippen molar-refractivity contribution in [2.45, 2.75) is 13.8 Å². The van der Waals surface area contributed by atoms with Gasteiger partial charge in [-0.3, -0.25) is 10.6 Å². The lowest BCUT2D eigenvalue weighted by Crippen LogP contribution is -2.18. The van der Waals surface area contributed by atoms with Crippen LogP contribution in [0.5, 0.6) is 0 Å². The van der Waals surface area contributed by atoms with Gasteiger partial charge in [0.15, 0.2) is 0 Å². The first-order chi connectivity index (χ1) is 9.92. The van der Waals surface area contributed by atoms with Crippen molar-refractivity contribution in [3.63, 3.8) is 0 Å². The van der Waals surface area contributed by atoms with E-state index in [4.69, 9.17) is 17.4 Å². The molecule has 1 amide bonds. The molecule has 6 heteroatoms. The number of carbonyl (C=O) groups is 1. The number of hydrogen-bond acceptors (Lipinski definition) is 3. The highest BCUT2D eigenvalue weighted by Gasteiger charge is 2.14. The molecule has 0 saturated heterocycles. The molecule has 110 valence electrons. The van der Waals surface area contributed by atoms with Gasteiger partial charge in [-0.1, -0.05) is 27.5 Å². The third-order valence-electron chi connectivity index (χ3n) is 3.12. The number of benzene rings is 2. The Labute approximate surface area is 136 Å². The molecule has 2 rings (SSSR count). The fourth-order valence-corrected chi connectivity index (χ4v) is 2.98. The third-order valence-corrected chi connectivity index (χ3v) is 3.81. The molecule has 2 aromatic carbocycles. The first kappa shape index (κ1) is 15.8. The van der Waals surface area contributed by atoms with Gasteiger partial charge in [-0.25, -0.2) is 0 Å². The van der Waals surface area contributed by atoms with E-state index in [0.717, 1.165) is 21.3 Å². The van der Waals surface area contributed by atoms with Crippen LogP contribution in [0.25, 0.3) is 0 Å². The van der Waals surface area contributed by atoms with Crippen molar-refractivity contribution in [3.05, 3.63) is 56.5 Å². The summed E-state index contributed by atoms with van der Waals surface area (Å²) in [5, 5.41) is 3.39. The summed E-state index contributed by atoms with van der Waals surface area (Å²) in [7, 11) is 0. The summed E-state index contributed by atoms with van der Waals surface area (Å²) in [5.41, 5.74) is 6.14. The van der Waals surface area contributed by atoms with Gasteiger partial charge in [0.05, 0.1) is 11.3 Å². The normalized spacial score (nSPS) is 10.3. The Kier molecular flexibility index (Phi) is 4.88. The van der Waals surface area contributed by atoms with E-state index in [-0.39, 0.29) is 5.91 Å². The zero-order valence-corrected chi connectivity index (χ0v) is 14.0. The molecule has 4 N–H and O–H groups in total. The molecule has 0 heterocycles. The Hall–Kier alpha value is -1.56. The Balaban J connectivity index is 2.37. The molecule has 0 aromatic heterocycles. The molecule has 0 bridgehead atoms. The Bertz CT molecular complexity index is 680. The summed E-state index contributed by atoms with van der Waals surface area (Å²) in [6.45, 7) is 3.88. The van der Waals surface area contributed by atoms with Gasteiger partial charge in [0, 0.05) is 15.2 Å². The molecule has 0 unspecified atom stereocenters. The molecule has 4 nitrogen and oxygen atoms in total. The first-order valence-electron chi connectivity index (χ1n) is 6.26. The average molecular weight is 369 g/mol. The van der Waals surface area contributed by atoms with E-state index in [9.17, 15) is 4.79 Å². The molecule has 2 aromatic rings. The van der Waals surface area contributed by atoms with Crippen molar-refractivity contribution < 1.29 is 4.79 Å². The average Bonchev–Trinajstić information content (AvgIpc) is 2.42. The van der Waals surface area contributed by atoms with E-state index in [0.29, 0.717) is 16.3 Å². The van der Waals surface area contributed by atoms with Gasteiger partial charge in [0.1, 0.15) is 0 Å². The molecular formula is C15H15BrClN3O. The summed E-state index contributed by atoms with van der Waals surface area (Å²) >= 11 is 9.38. The highest BCUT2D eigenvalue weighted by Crippen LogP contribution is 2.27. The van der Waals surface area contributed by atoms with Gasteiger partial charge in [-0.2, -0.15) is 0 Å². The van der Waals surface area contributed by atoms with Crippen molar-refractivity contribution in [3.8, 4) is 0 Å². The number of hydrogen-bond donors (Lipinski definition) is 3. The number of amides is 1. The molecule has 21 heavy (non-hydrogen) atoms. The standard InChI is InChI=1S/C15H15BrClN3O/c1-8-5-10(16)6-9(2)14(8)19-15(21)12-7-11(17)3-4-13(12)20-18/h3-7,20H,18H2,1-2H3,(H,19,21). The summed E-state index contributed by atoms with van der Waals surface area (Å²) in [6.07, 6.45) is 0. The number of hydrazine groups is 1. The van der Waals surface area contributed by atoms with Crippen molar-refractivity contribution in [1.82, 2.24) is 0 Å². The fraction of sp³-hybridized carbons (Fsp3) is 0.133. The minimum absolute atomic E-state index is 0.265. The van der Waals surface area contributed by atoms with Crippen LogP contribution in [0.3, 0.4) is 0 Å². The topological polar surface area (TPSA) is 67.2 Å². The van der Waals surface area contributed by atoms with E-state index >= 15 is 0 Å². The van der Waals surface area contributed by atoms with Gasteiger partial charge in [0.2, 0.25) is 0 Å². The molecule has 0 fully saturated rings. The SMILES string of the molecule is Cc1cc(Br)cc(C)c1NC(=O)c1cc(Cl)ccc1NN. The number of halogens is 2. The number of nitrogens with two attached hydrogens (primary N) is 1. The van der Waals surface area contributed by atoms with Crippen LogP contribution in [0.4, 0.5) is 11.4 Å². The monoisotopic (exact) mass is 367 g/mol. The van der Waals surface area contributed by atoms with Gasteiger partial charge in [0.25, 0.3) is 5.91 Å². The number of aryl methyl sites for hydroxylation is 2. The highest BCUT2D eigenvalue weighted by molar-refractivity contribution is 9.10. The van der Waals surface area contributed by atoms with Crippen LogP contribution in [0.1, 0.15) is 21.5 Å². The smallest absolute Gasteiger partial charge is 0.257 e. The Morgan fingerprint density at radius 1 is 1.19 bits per heavy atom. The van der Waals surface area contributed by atoms with Crippen molar-refractivity contribution in [2.75, 3.05) is 10.7 Å². The minimum atomic E-state index is -0.265. The van der Waals surface area contributed by atoms with Crippen LogP contribution in [0, 0.1) is 13.8 Å². The van der Waals surface area contributed by atoms with Crippen LogP contribution in [0.2, 0.25) is 5.02 Å². The van der Waals surface area contributed by atoms with E-state index in [1.54, 1.807) is 18.2 Å². The molecule has 0 spiro atoms. The second kappa shape index (κ2) is 6.47. The summed E-state index contributed by atoms with van der Waals surface area (Å²) < 4.78 is 0.975. The van der Waals surface area contributed by atoms with E-state index in [2.05, 4.69) is 26.7 Å². The van der Waals surface area contributed by atoms with Crippen molar-refractivity contribution >= 4 is 44.8 Å². The largest absolute Gasteiger partial charge is 0.323 e. The second-order valence-corrected chi connectivity index (χ2v) is 6.06. The molecule has 0 radical (unpaired) electrons. The highest BCUT2D eigenvalue weighted by atomic mass is 79.9. The maximum atomic E-state index is 12.5. The molecular weight excluding hydrogens is 354 g/mol. The number of nitrogen functional groups attached to an aromatic ring is 1. The van der Waals surface area contributed by atoms with Gasteiger partial charge < -0.3 is 10.7 Å². The summed E-state index contributed by atoms with van der Waals surface area (Å²) in [4.78, 5) is 12.5. The Morgan fingerprint density at radius 3 is 2.38 bits per heavy atom. The zero-order chi connectivity index (χ0) is 15.6. The molecule has 0 aliphatic carbocycles. The first-order valence-corrected chi connectivity index (χ1v) is 7.43. The van der Waals surface area contributed by atoms with Crippen LogP contribution < -0.4 is 16.6 Å². The minimum Gasteiger partial charge on any atom is -0.323 e. The predicted octanol–water partition coefficient (Wildman–Crippen LogP) is 4.26. The summed E-state index contributed by atoms with van der Waals surface area (Å²) in [5.74, 6) is 5.17. The molecule has 0 aliphatic heterocycles. The third kappa shape index (κ3) is 3.56. The molecule has 0 saturated carbocycles. The van der Waals surface area contributed by atoms with E-state index < -0.39 is 0 Å². The number of rotatable bonds is 3. The van der Waals surface area contributed by atoms with Gasteiger partial charge in [-0.05, 0) is 55.3 Å². The fourth-order valence-electron chi connectivity index (χ4n) is 2.12. The molecule has 0 atom stereocenters. The number of anilines is 2. The quantitative estimate of drug-likeness (QED) is 0.560. The van der Waals surface area contributed by atoms with Crippen molar-refractivity contribution in [2.24, 2.45) is 5.84 Å². The Morgan fingerprint density at radius 2 is 1.81 bits per heavy atom. The van der Waals surface area contributed by atoms with E-state index in [1.807, 2.05) is 26.0 Å².